The number of hydrogen-bond donors (Lipinski definition) is 0. The van der Waals surface area contributed by atoms with Gasteiger partial charge in [-0.15, -0.1) is 0 Å². The van der Waals surface area contributed by atoms with Gasteiger partial charge in [0.1, 0.15) is 12.4 Å². The minimum Gasteiger partial charge on any atom is -0.489 e. The molecule has 5 rings (SSSR count). The summed E-state index contributed by atoms with van der Waals surface area (Å²) in [6.45, 7) is 0.873. The van der Waals surface area contributed by atoms with Crippen molar-refractivity contribution in [2.45, 2.75) is 38.2 Å². The molecule has 47 heavy (non-hydrogen) atoms. The molecule has 1 aliphatic heterocycles. The third-order valence-corrected chi connectivity index (χ3v) is 7.29. The zero-order valence-corrected chi connectivity index (χ0v) is 24.5. The van der Waals surface area contributed by atoms with E-state index in [0.29, 0.717) is 49.7 Å². The number of aromatic nitrogens is 2. The number of benzene rings is 3. The van der Waals surface area contributed by atoms with E-state index in [9.17, 15) is 39.5 Å². The standard InChI is InChI=1S/C32H27F9N4O2/c33-30(34,35)24-6-7-28(47-20-21-4-2-1-3-5-21)23(14-24)19-45(29-42-16-27(17-43-29)44-8-10-46-11-9-44)18-22-12-25(31(36,37)38)15-26(13-22)32(39,40)41/h1-7,12-17H,8-11,18-20H2. The number of alkyl halides is 9. The average molecular weight is 671 g/mol. The highest BCUT2D eigenvalue weighted by molar-refractivity contribution is 5.48. The first-order valence-electron chi connectivity index (χ1n) is 14.2. The Hall–Kier alpha value is -4.53. The maximum absolute atomic E-state index is 13.8. The number of rotatable bonds is 9. The molecule has 0 aliphatic carbocycles. The lowest BCUT2D eigenvalue weighted by molar-refractivity contribution is -0.143. The average Bonchev–Trinajstić information content (AvgIpc) is 3.03. The van der Waals surface area contributed by atoms with Gasteiger partial charge in [0, 0.05) is 31.7 Å². The topological polar surface area (TPSA) is 50.7 Å². The second-order valence-electron chi connectivity index (χ2n) is 10.7. The third-order valence-electron chi connectivity index (χ3n) is 7.29. The number of anilines is 2. The van der Waals surface area contributed by atoms with Gasteiger partial charge < -0.3 is 19.3 Å². The molecule has 0 bridgehead atoms. The van der Waals surface area contributed by atoms with Crippen LogP contribution in [0.3, 0.4) is 0 Å². The van der Waals surface area contributed by atoms with E-state index in [1.807, 2.05) is 4.90 Å². The largest absolute Gasteiger partial charge is 0.489 e. The highest BCUT2D eigenvalue weighted by Gasteiger charge is 2.37. The van der Waals surface area contributed by atoms with Crippen LogP contribution >= 0.6 is 0 Å². The van der Waals surface area contributed by atoms with Crippen LogP contribution in [0.15, 0.2) is 79.1 Å². The van der Waals surface area contributed by atoms with Crippen molar-refractivity contribution in [1.82, 2.24) is 9.97 Å². The van der Waals surface area contributed by atoms with Gasteiger partial charge in [-0.3, -0.25) is 0 Å². The van der Waals surface area contributed by atoms with E-state index >= 15 is 0 Å². The van der Waals surface area contributed by atoms with Crippen molar-refractivity contribution in [1.29, 1.82) is 0 Å². The van der Waals surface area contributed by atoms with Gasteiger partial charge in [-0.2, -0.15) is 39.5 Å². The summed E-state index contributed by atoms with van der Waals surface area (Å²) in [6.07, 6.45) is -12.1. The monoisotopic (exact) mass is 670 g/mol. The fourth-order valence-corrected chi connectivity index (χ4v) is 4.95. The SMILES string of the molecule is FC(F)(F)c1cc(CN(Cc2cc(C(F)(F)F)ccc2OCc2ccccc2)c2ncc(N3CCOCC3)cn2)cc(C(F)(F)F)c1. The maximum Gasteiger partial charge on any atom is 0.416 e. The Labute approximate surface area is 263 Å². The zero-order chi connectivity index (χ0) is 33.8. The minimum absolute atomic E-state index is 0.00377. The summed E-state index contributed by atoms with van der Waals surface area (Å²) in [4.78, 5) is 11.7. The van der Waals surface area contributed by atoms with Gasteiger partial charge >= 0.3 is 18.5 Å². The highest BCUT2D eigenvalue weighted by atomic mass is 19.4. The lowest BCUT2D eigenvalue weighted by Gasteiger charge is -2.29. The predicted molar refractivity (Wildman–Crippen MR) is 154 cm³/mol. The van der Waals surface area contributed by atoms with Crippen LogP contribution in [0.5, 0.6) is 5.75 Å². The fourth-order valence-electron chi connectivity index (χ4n) is 4.95. The highest BCUT2D eigenvalue weighted by Crippen LogP contribution is 2.38. The Morgan fingerprint density at radius 3 is 1.85 bits per heavy atom. The van der Waals surface area contributed by atoms with E-state index in [0.717, 1.165) is 18.2 Å². The third kappa shape index (κ3) is 8.84. The summed E-state index contributed by atoms with van der Waals surface area (Å²) in [7, 11) is 0. The summed E-state index contributed by atoms with van der Waals surface area (Å²) in [5.74, 6) is -0.115. The van der Waals surface area contributed by atoms with Gasteiger partial charge in [0.2, 0.25) is 5.95 Å². The van der Waals surface area contributed by atoms with Gasteiger partial charge in [-0.1, -0.05) is 30.3 Å². The van der Waals surface area contributed by atoms with Gasteiger partial charge in [0.05, 0.1) is 48.0 Å². The van der Waals surface area contributed by atoms with E-state index in [-0.39, 0.29) is 29.9 Å². The molecular weight excluding hydrogens is 643 g/mol. The predicted octanol–water partition coefficient (Wildman–Crippen LogP) is 8.16. The van der Waals surface area contributed by atoms with E-state index in [4.69, 9.17) is 9.47 Å². The normalized spacial score (nSPS) is 14.3. The summed E-state index contributed by atoms with van der Waals surface area (Å²) in [5.41, 5.74) is -3.25. The second-order valence-corrected chi connectivity index (χ2v) is 10.7. The molecule has 250 valence electrons. The Balaban J connectivity index is 1.55. The van der Waals surface area contributed by atoms with Crippen LogP contribution in [-0.4, -0.2) is 36.3 Å². The molecule has 0 unspecified atom stereocenters. The number of morpholine rings is 1. The number of halogens is 9. The molecule has 15 heteroatoms. The molecule has 1 aliphatic rings. The second kappa shape index (κ2) is 13.7. The van der Waals surface area contributed by atoms with Crippen molar-refractivity contribution in [3.63, 3.8) is 0 Å². The van der Waals surface area contributed by atoms with Crippen LogP contribution in [0.1, 0.15) is 33.4 Å². The van der Waals surface area contributed by atoms with Crippen molar-refractivity contribution >= 4 is 11.6 Å². The maximum atomic E-state index is 13.8. The molecule has 2 heterocycles. The van der Waals surface area contributed by atoms with Crippen LogP contribution in [0.25, 0.3) is 0 Å². The van der Waals surface area contributed by atoms with Crippen LogP contribution in [0, 0.1) is 0 Å². The lowest BCUT2D eigenvalue weighted by atomic mass is 10.0. The molecule has 0 saturated carbocycles. The Morgan fingerprint density at radius 2 is 1.28 bits per heavy atom. The van der Waals surface area contributed by atoms with Crippen LogP contribution < -0.4 is 14.5 Å². The molecule has 1 aromatic heterocycles. The van der Waals surface area contributed by atoms with Gasteiger partial charge in [0.15, 0.2) is 0 Å². The lowest BCUT2D eigenvalue weighted by Crippen LogP contribution is -2.36. The van der Waals surface area contributed by atoms with Crippen molar-refractivity contribution in [3.8, 4) is 5.75 Å². The molecule has 0 amide bonds. The molecular formula is C32H27F9N4O2. The van der Waals surface area contributed by atoms with Gasteiger partial charge in [-0.05, 0) is 47.5 Å². The molecule has 1 saturated heterocycles. The molecule has 0 spiro atoms. The smallest absolute Gasteiger partial charge is 0.416 e. The van der Waals surface area contributed by atoms with E-state index < -0.39 is 53.9 Å². The Kier molecular flexibility index (Phi) is 9.84. The van der Waals surface area contributed by atoms with E-state index in [1.165, 1.54) is 17.3 Å². The van der Waals surface area contributed by atoms with Gasteiger partial charge in [0.25, 0.3) is 0 Å². The van der Waals surface area contributed by atoms with Crippen LogP contribution in [0.4, 0.5) is 51.1 Å². The fraction of sp³-hybridized carbons (Fsp3) is 0.312. The molecule has 3 aromatic carbocycles. The quantitative estimate of drug-likeness (QED) is 0.168. The van der Waals surface area contributed by atoms with Crippen molar-refractivity contribution in [2.24, 2.45) is 0 Å². The van der Waals surface area contributed by atoms with E-state index in [2.05, 4.69) is 9.97 Å². The summed E-state index contributed by atoms with van der Waals surface area (Å²) < 4.78 is 134. The summed E-state index contributed by atoms with van der Waals surface area (Å²) in [5, 5.41) is 0. The molecule has 0 N–H and O–H groups in total. The van der Waals surface area contributed by atoms with E-state index in [1.54, 1.807) is 30.3 Å². The number of hydrogen-bond acceptors (Lipinski definition) is 6. The number of ether oxygens (including phenoxy) is 2. The minimum atomic E-state index is -5.10. The number of nitrogens with zero attached hydrogens (tertiary/aromatic N) is 4. The zero-order valence-electron chi connectivity index (χ0n) is 24.5. The van der Waals surface area contributed by atoms with Crippen LogP contribution in [-0.2, 0) is 43.0 Å². The molecule has 1 fully saturated rings. The first kappa shape index (κ1) is 33.8. The summed E-state index contributed by atoms with van der Waals surface area (Å²) >= 11 is 0. The molecule has 4 aromatic rings. The van der Waals surface area contributed by atoms with Crippen molar-refractivity contribution in [2.75, 3.05) is 36.1 Å². The first-order chi connectivity index (χ1) is 22.2. The Bertz CT molecular complexity index is 1610. The first-order valence-corrected chi connectivity index (χ1v) is 14.2. The molecule has 0 atom stereocenters. The molecule has 6 nitrogen and oxygen atoms in total. The van der Waals surface area contributed by atoms with Crippen molar-refractivity contribution in [3.05, 3.63) is 113 Å². The van der Waals surface area contributed by atoms with Crippen molar-refractivity contribution < 1.29 is 49.0 Å². The summed E-state index contributed by atoms with van der Waals surface area (Å²) in [6, 6.07) is 12.6. The van der Waals surface area contributed by atoms with Gasteiger partial charge in [-0.25, -0.2) is 9.97 Å². The molecule has 0 radical (unpaired) electrons. The van der Waals surface area contributed by atoms with Crippen LogP contribution in [0.2, 0.25) is 0 Å². The Morgan fingerprint density at radius 1 is 0.681 bits per heavy atom.